The molecule has 0 aromatic carbocycles. The molecule has 0 aliphatic carbocycles. The number of nitrogens with zero attached hydrogens (tertiary/aromatic N) is 3. The first-order valence-electron chi connectivity index (χ1n) is 3.86. The van der Waals surface area contributed by atoms with Gasteiger partial charge in [-0.25, -0.2) is 9.99 Å². The van der Waals surface area contributed by atoms with Gasteiger partial charge in [-0.2, -0.15) is 0 Å². The molecule has 0 atom stereocenters. The topological polar surface area (TPSA) is 47.1 Å². The maximum atomic E-state index is 5.67. The zero-order valence-corrected chi connectivity index (χ0v) is 6.40. The lowest BCUT2D eigenvalue weighted by Gasteiger charge is -2.10. The minimum atomic E-state index is 0.914. The van der Waals surface area contributed by atoms with Gasteiger partial charge in [0.05, 0.1) is 0 Å². The molecule has 0 spiro atoms. The maximum absolute atomic E-state index is 5.67. The van der Waals surface area contributed by atoms with Crippen LogP contribution in [0, 0.1) is 0 Å². The molecule has 2 heterocycles. The summed E-state index contributed by atoms with van der Waals surface area (Å²) in [6, 6.07) is 0. The van der Waals surface area contributed by atoms with Crippen LogP contribution in [0.15, 0.2) is 12.4 Å². The molecule has 0 fully saturated rings. The number of fused-ring (bicyclic) bond motifs is 1. The summed E-state index contributed by atoms with van der Waals surface area (Å²) in [5.41, 5.74) is 0. The molecule has 0 radical (unpaired) electrons. The van der Waals surface area contributed by atoms with Crippen LogP contribution in [0.4, 0.5) is 0 Å². The molecule has 0 bridgehead atoms. The highest BCUT2D eigenvalue weighted by molar-refractivity contribution is 4.94. The van der Waals surface area contributed by atoms with E-state index in [9.17, 15) is 0 Å². The van der Waals surface area contributed by atoms with E-state index in [4.69, 9.17) is 5.84 Å². The van der Waals surface area contributed by atoms with Crippen LogP contribution in [0.25, 0.3) is 0 Å². The van der Waals surface area contributed by atoms with E-state index in [2.05, 4.69) is 9.55 Å². The van der Waals surface area contributed by atoms with E-state index >= 15 is 0 Å². The molecule has 4 heteroatoms. The average molecular weight is 152 g/mol. The van der Waals surface area contributed by atoms with Crippen molar-refractivity contribution < 1.29 is 0 Å². The van der Waals surface area contributed by atoms with Gasteiger partial charge >= 0.3 is 0 Å². The molecule has 1 aromatic rings. The smallest absolute Gasteiger partial charge is 0.110 e. The van der Waals surface area contributed by atoms with Crippen molar-refractivity contribution in [3.8, 4) is 0 Å². The number of hydrogen-bond donors (Lipinski definition) is 1. The molecule has 2 N–H and O–H groups in total. The van der Waals surface area contributed by atoms with Gasteiger partial charge in [-0.05, 0) is 0 Å². The van der Waals surface area contributed by atoms with Crippen LogP contribution in [0.3, 0.4) is 0 Å². The van der Waals surface area contributed by atoms with Crippen molar-refractivity contribution in [1.82, 2.24) is 14.6 Å². The molecule has 60 valence electrons. The lowest BCUT2D eigenvalue weighted by atomic mass is 10.4. The monoisotopic (exact) mass is 152 g/mol. The Kier molecular flexibility index (Phi) is 1.63. The Morgan fingerprint density at radius 2 is 2.27 bits per heavy atom. The molecule has 1 aliphatic rings. The third-order valence-electron chi connectivity index (χ3n) is 2.05. The summed E-state index contributed by atoms with van der Waals surface area (Å²) in [5.74, 6) is 6.82. The van der Waals surface area contributed by atoms with Gasteiger partial charge < -0.3 is 4.57 Å². The van der Waals surface area contributed by atoms with Gasteiger partial charge in [0, 0.05) is 38.4 Å². The van der Waals surface area contributed by atoms with Crippen LogP contribution < -0.4 is 5.84 Å². The molecule has 4 nitrogen and oxygen atoms in total. The quantitative estimate of drug-likeness (QED) is 0.515. The highest BCUT2D eigenvalue weighted by atomic mass is 15.4. The fraction of sp³-hybridized carbons (Fsp3) is 0.571. The second-order valence-corrected chi connectivity index (χ2v) is 2.82. The zero-order valence-electron chi connectivity index (χ0n) is 6.40. The van der Waals surface area contributed by atoms with Crippen LogP contribution in [-0.2, 0) is 13.0 Å². The summed E-state index contributed by atoms with van der Waals surface area (Å²) < 4.78 is 2.16. The molecule has 1 aliphatic heterocycles. The van der Waals surface area contributed by atoms with Crippen LogP contribution in [-0.4, -0.2) is 27.6 Å². The van der Waals surface area contributed by atoms with E-state index in [1.54, 1.807) is 0 Å². The Morgan fingerprint density at radius 3 is 3.18 bits per heavy atom. The van der Waals surface area contributed by atoms with Crippen molar-refractivity contribution in [1.29, 1.82) is 0 Å². The van der Waals surface area contributed by atoms with Crippen LogP contribution in [0.2, 0.25) is 0 Å². The normalized spacial score (nSPS) is 19.4. The second kappa shape index (κ2) is 2.64. The molecule has 0 saturated heterocycles. The first-order valence-corrected chi connectivity index (χ1v) is 3.86. The standard InChI is InChI=1S/C7H12N4/c8-11-3-1-7-9-2-4-10(7)5-6-11/h2,4H,1,3,5-6,8H2. The Labute approximate surface area is 65.6 Å². The summed E-state index contributed by atoms with van der Waals surface area (Å²) in [5, 5.41) is 1.84. The zero-order chi connectivity index (χ0) is 7.68. The fourth-order valence-corrected chi connectivity index (χ4v) is 1.36. The number of rotatable bonds is 0. The summed E-state index contributed by atoms with van der Waals surface area (Å²) in [7, 11) is 0. The highest BCUT2D eigenvalue weighted by Crippen LogP contribution is 2.03. The Hall–Kier alpha value is -0.870. The minimum absolute atomic E-state index is 0.914. The largest absolute Gasteiger partial charge is 0.334 e. The number of imidazole rings is 1. The summed E-state index contributed by atoms with van der Waals surface area (Å²) in [6.45, 7) is 2.80. The van der Waals surface area contributed by atoms with E-state index in [1.165, 1.54) is 0 Å². The van der Waals surface area contributed by atoms with Gasteiger partial charge in [-0.15, -0.1) is 0 Å². The van der Waals surface area contributed by atoms with Crippen molar-refractivity contribution >= 4 is 0 Å². The van der Waals surface area contributed by atoms with E-state index in [-0.39, 0.29) is 0 Å². The Balaban J connectivity index is 2.20. The molecular formula is C7H12N4. The molecule has 0 saturated carbocycles. The molecule has 0 amide bonds. The lowest BCUT2D eigenvalue weighted by molar-refractivity contribution is 0.290. The summed E-state index contributed by atoms with van der Waals surface area (Å²) in [4.78, 5) is 4.23. The van der Waals surface area contributed by atoms with Gasteiger partial charge in [0.2, 0.25) is 0 Å². The lowest BCUT2D eigenvalue weighted by Crippen LogP contribution is -2.33. The minimum Gasteiger partial charge on any atom is -0.334 e. The number of nitrogens with two attached hydrogens (primary N) is 1. The van der Waals surface area contributed by atoms with Gasteiger partial charge in [0.1, 0.15) is 5.82 Å². The second-order valence-electron chi connectivity index (χ2n) is 2.82. The summed E-state index contributed by atoms with van der Waals surface area (Å²) in [6.07, 6.45) is 4.82. The van der Waals surface area contributed by atoms with Gasteiger partial charge in [-0.1, -0.05) is 0 Å². The Bertz CT molecular complexity index is 220. The molecular weight excluding hydrogens is 140 g/mol. The fourth-order valence-electron chi connectivity index (χ4n) is 1.36. The van der Waals surface area contributed by atoms with Gasteiger partial charge in [-0.3, -0.25) is 5.84 Å². The van der Waals surface area contributed by atoms with Crippen molar-refractivity contribution in [2.45, 2.75) is 13.0 Å². The predicted octanol–water partition coefficient (Wildman–Crippen LogP) is -0.385. The average Bonchev–Trinajstić information content (AvgIpc) is 2.38. The van der Waals surface area contributed by atoms with E-state index in [1.807, 2.05) is 17.4 Å². The SMILES string of the molecule is NN1CCc2nccn2CC1. The van der Waals surface area contributed by atoms with Crippen molar-refractivity contribution in [3.63, 3.8) is 0 Å². The third kappa shape index (κ3) is 1.27. The number of aromatic nitrogens is 2. The molecule has 2 rings (SSSR count). The first-order chi connectivity index (χ1) is 5.36. The third-order valence-corrected chi connectivity index (χ3v) is 2.05. The van der Waals surface area contributed by atoms with Crippen LogP contribution in [0.5, 0.6) is 0 Å². The molecule has 1 aromatic heterocycles. The predicted molar refractivity (Wildman–Crippen MR) is 41.7 cm³/mol. The number of hydrogen-bond acceptors (Lipinski definition) is 3. The van der Waals surface area contributed by atoms with Crippen molar-refractivity contribution in [2.75, 3.05) is 13.1 Å². The Morgan fingerprint density at radius 1 is 1.36 bits per heavy atom. The molecule has 11 heavy (non-hydrogen) atoms. The van der Waals surface area contributed by atoms with E-state index < -0.39 is 0 Å². The first kappa shape index (κ1) is 6.82. The maximum Gasteiger partial charge on any atom is 0.110 e. The van der Waals surface area contributed by atoms with E-state index in [0.29, 0.717) is 0 Å². The van der Waals surface area contributed by atoms with E-state index in [0.717, 1.165) is 31.9 Å². The highest BCUT2D eigenvalue weighted by Gasteiger charge is 2.09. The van der Waals surface area contributed by atoms with Crippen molar-refractivity contribution in [2.24, 2.45) is 5.84 Å². The van der Waals surface area contributed by atoms with Crippen LogP contribution >= 0.6 is 0 Å². The van der Waals surface area contributed by atoms with Crippen molar-refractivity contribution in [3.05, 3.63) is 18.2 Å². The number of hydrazine groups is 1. The molecule has 0 unspecified atom stereocenters. The van der Waals surface area contributed by atoms with Crippen LogP contribution in [0.1, 0.15) is 5.82 Å². The summed E-state index contributed by atoms with van der Waals surface area (Å²) >= 11 is 0. The van der Waals surface area contributed by atoms with Gasteiger partial charge in [0.15, 0.2) is 0 Å². The van der Waals surface area contributed by atoms with Gasteiger partial charge in [0.25, 0.3) is 0 Å².